The van der Waals surface area contributed by atoms with Crippen molar-refractivity contribution in [2.75, 3.05) is 11.9 Å². The molecule has 1 aliphatic rings. The van der Waals surface area contributed by atoms with Gasteiger partial charge in [-0.25, -0.2) is 4.79 Å². The van der Waals surface area contributed by atoms with Gasteiger partial charge in [-0.05, 0) is 11.6 Å². The van der Waals surface area contributed by atoms with E-state index in [9.17, 15) is 9.59 Å². The number of carboxylic acids is 1. The zero-order valence-corrected chi connectivity index (χ0v) is 9.59. The molecule has 18 heavy (non-hydrogen) atoms. The molecular formula is C12H14N2O4. The summed E-state index contributed by atoms with van der Waals surface area (Å²) >= 11 is 0. The second-order valence-corrected chi connectivity index (χ2v) is 4.16. The first-order chi connectivity index (χ1) is 8.58. The normalized spacial score (nSPS) is 18.6. The Morgan fingerprint density at radius 1 is 1.44 bits per heavy atom. The quantitative estimate of drug-likeness (QED) is 0.582. The van der Waals surface area contributed by atoms with Crippen LogP contribution in [-0.2, 0) is 16.0 Å². The Balaban J connectivity index is 1.88. The van der Waals surface area contributed by atoms with Gasteiger partial charge in [0, 0.05) is 12.1 Å². The van der Waals surface area contributed by atoms with Crippen molar-refractivity contribution in [2.45, 2.75) is 18.6 Å². The van der Waals surface area contributed by atoms with Crippen LogP contribution in [-0.4, -0.2) is 40.8 Å². The molecule has 1 amide bonds. The minimum absolute atomic E-state index is 0.289. The van der Waals surface area contributed by atoms with Gasteiger partial charge in [0.2, 0.25) is 5.91 Å². The lowest BCUT2D eigenvalue weighted by molar-refractivity contribution is -0.146. The lowest BCUT2D eigenvalue weighted by Crippen LogP contribution is -2.43. The molecule has 1 heterocycles. The Labute approximate surface area is 104 Å². The first kappa shape index (κ1) is 12.4. The van der Waals surface area contributed by atoms with Gasteiger partial charge in [0.25, 0.3) is 0 Å². The molecule has 2 rings (SSSR count). The standard InChI is InChI=1S/C12H14N2O4/c15-10(12(17)18)6-13-11(16)9-5-7-3-1-2-4-8(7)14-9/h1-4,9-10,14-15H,5-6H2,(H,13,16)(H,17,18). The Hall–Kier alpha value is -2.08. The van der Waals surface area contributed by atoms with E-state index in [2.05, 4.69) is 10.6 Å². The molecule has 1 aromatic carbocycles. The summed E-state index contributed by atoms with van der Waals surface area (Å²) in [5.41, 5.74) is 1.97. The Kier molecular flexibility index (Phi) is 3.47. The number of nitrogens with one attached hydrogen (secondary N) is 2. The van der Waals surface area contributed by atoms with Crippen molar-refractivity contribution >= 4 is 17.6 Å². The molecule has 4 N–H and O–H groups in total. The summed E-state index contributed by atoms with van der Waals surface area (Å²) in [6, 6.07) is 7.18. The number of anilines is 1. The van der Waals surface area contributed by atoms with E-state index in [1.807, 2.05) is 24.3 Å². The molecule has 0 fully saturated rings. The van der Waals surface area contributed by atoms with Crippen molar-refractivity contribution in [3.05, 3.63) is 29.8 Å². The molecule has 0 aromatic heterocycles. The smallest absolute Gasteiger partial charge is 0.334 e. The number of para-hydroxylation sites is 1. The minimum Gasteiger partial charge on any atom is -0.479 e. The molecule has 0 saturated heterocycles. The molecule has 2 unspecified atom stereocenters. The molecule has 0 spiro atoms. The number of rotatable bonds is 4. The van der Waals surface area contributed by atoms with E-state index in [0.717, 1.165) is 11.3 Å². The molecular weight excluding hydrogens is 236 g/mol. The molecule has 2 atom stereocenters. The molecule has 6 heteroatoms. The Morgan fingerprint density at radius 3 is 2.83 bits per heavy atom. The Bertz CT molecular complexity index is 450. The van der Waals surface area contributed by atoms with Gasteiger partial charge in [-0.15, -0.1) is 0 Å². The average molecular weight is 250 g/mol. The van der Waals surface area contributed by atoms with Crippen molar-refractivity contribution in [2.24, 2.45) is 0 Å². The summed E-state index contributed by atoms with van der Waals surface area (Å²) in [5.74, 6) is -1.66. The van der Waals surface area contributed by atoms with E-state index in [1.165, 1.54) is 0 Å². The number of carbonyl (C=O) groups is 2. The van der Waals surface area contributed by atoms with Crippen molar-refractivity contribution in [3.63, 3.8) is 0 Å². The van der Waals surface area contributed by atoms with Crippen molar-refractivity contribution in [1.29, 1.82) is 0 Å². The third-order valence-electron chi connectivity index (χ3n) is 2.84. The highest BCUT2D eigenvalue weighted by Crippen LogP contribution is 2.24. The third kappa shape index (κ3) is 2.60. The highest BCUT2D eigenvalue weighted by atomic mass is 16.4. The van der Waals surface area contributed by atoms with Gasteiger partial charge >= 0.3 is 5.97 Å². The van der Waals surface area contributed by atoms with Crippen LogP contribution in [0, 0.1) is 0 Å². The fourth-order valence-corrected chi connectivity index (χ4v) is 1.86. The van der Waals surface area contributed by atoms with Gasteiger partial charge in [-0.3, -0.25) is 4.79 Å². The maximum absolute atomic E-state index is 11.8. The van der Waals surface area contributed by atoms with E-state index < -0.39 is 18.1 Å². The summed E-state index contributed by atoms with van der Waals surface area (Å²) in [5, 5.41) is 23.0. The summed E-state index contributed by atoms with van der Waals surface area (Å²) < 4.78 is 0. The monoisotopic (exact) mass is 250 g/mol. The number of aliphatic carboxylic acids is 1. The number of fused-ring (bicyclic) bond motifs is 1. The largest absolute Gasteiger partial charge is 0.479 e. The zero-order chi connectivity index (χ0) is 13.1. The summed E-state index contributed by atoms with van der Waals surface area (Å²) in [7, 11) is 0. The fraction of sp³-hybridized carbons (Fsp3) is 0.333. The topological polar surface area (TPSA) is 98.7 Å². The maximum atomic E-state index is 11.8. The number of aliphatic hydroxyl groups excluding tert-OH is 1. The molecule has 96 valence electrons. The number of amides is 1. The van der Waals surface area contributed by atoms with Gasteiger partial charge in [0.05, 0.1) is 6.54 Å². The average Bonchev–Trinajstić information content (AvgIpc) is 2.79. The molecule has 6 nitrogen and oxygen atoms in total. The number of carbonyl (C=O) groups excluding carboxylic acids is 1. The zero-order valence-electron chi connectivity index (χ0n) is 9.59. The molecule has 1 aromatic rings. The van der Waals surface area contributed by atoms with Gasteiger partial charge in [0.1, 0.15) is 6.04 Å². The lowest BCUT2D eigenvalue weighted by Gasteiger charge is -2.13. The molecule has 0 radical (unpaired) electrons. The van der Waals surface area contributed by atoms with Crippen LogP contribution in [0.1, 0.15) is 5.56 Å². The maximum Gasteiger partial charge on any atom is 0.334 e. The van der Waals surface area contributed by atoms with Crippen LogP contribution in [0.2, 0.25) is 0 Å². The number of benzene rings is 1. The van der Waals surface area contributed by atoms with Crippen LogP contribution in [0.15, 0.2) is 24.3 Å². The van der Waals surface area contributed by atoms with Crippen LogP contribution >= 0.6 is 0 Å². The number of hydrogen-bond donors (Lipinski definition) is 4. The summed E-state index contributed by atoms with van der Waals surface area (Å²) in [6.07, 6.45) is -1.01. The van der Waals surface area contributed by atoms with Gasteiger partial charge in [0.15, 0.2) is 6.10 Å². The number of carboxylic acid groups (broad SMARTS) is 1. The van der Waals surface area contributed by atoms with Crippen molar-refractivity contribution < 1.29 is 19.8 Å². The van der Waals surface area contributed by atoms with Crippen molar-refractivity contribution in [1.82, 2.24) is 5.32 Å². The van der Waals surface area contributed by atoms with Gasteiger partial charge in [-0.2, -0.15) is 0 Å². The van der Waals surface area contributed by atoms with Crippen LogP contribution in [0.4, 0.5) is 5.69 Å². The predicted octanol–water partition coefficient (Wildman–Crippen LogP) is -0.415. The fourth-order valence-electron chi connectivity index (χ4n) is 1.86. The number of aliphatic hydroxyl groups is 1. The van der Waals surface area contributed by atoms with E-state index in [4.69, 9.17) is 10.2 Å². The van der Waals surface area contributed by atoms with Crippen LogP contribution in [0.25, 0.3) is 0 Å². The molecule has 1 aliphatic heterocycles. The minimum atomic E-state index is -1.57. The van der Waals surface area contributed by atoms with Crippen LogP contribution in [0.5, 0.6) is 0 Å². The van der Waals surface area contributed by atoms with E-state index in [-0.39, 0.29) is 12.5 Å². The second kappa shape index (κ2) is 5.05. The summed E-state index contributed by atoms with van der Waals surface area (Å²) in [4.78, 5) is 22.2. The van der Waals surface area contributed by atoms with E-state index in [0.29, 0.717) is 6.42 Å². The third-order valence-corrected chi connectivity index (χ3v) is 2.84. The lowest BCUT2D eigenvalue weighted by atomic mass is 10.1. The van der Waals surface area contributed by atoms with E-state index in [1.54, 1.807) is 0 Å². The summed E-state index contributed by atoms with van der Waals surface area (Å²) in [6.45, 7) is -0.289. The van der Waals surface area contributed by atoms with Crippen LogP contribution < -0.4 is 10.6 Å². The molecule has 0 aliphatic carbocycles. The van der Waals surface area contributed by atoms with Gasteiger partial charge < -0.3 is 20.8 Å². The first-order valence-corrected chi connectivity index (χ1v) is 5.61. The van der Waals surface area contributed by atoms with E-state index >= 15 is 0 Å². The molecule has 0 saturated carbocycles. The molecule has 0 bridgehead atoms. The highest BCUT2D eigenvalue weighted by molar-refractivity contribution is 5.87. The SMILES string of the molecule is O=C(O)C(O)CNC(=O)C1Cc2ccccc2N1. The Morgan fingerprint density at radius 2 is 2.17 bits per heavy atom. The second-order valence-electron chi connectivity index (χ2n) is 4.16. The highest BCUT2D eigenvalue weighted by Gasteiger charge is 2.26. The number of hydrogen-bond acceptors (Lipinski definition) is 4. The van der Waals surface area contributed by atoms with Crippen molar-refractivity contribution in [3.8, 4) is 0 Å². The predicted molar refractivity (Wildman–Crippen MR) is 64.2 cm³/mol. The first-order valence-electron chi connectivity index (χ1n) is 5.61. The van der Waals surface area contributed by atoms with Gasteiger partial charge in [-0.1, -0.05) is 18.2 Å². The van der Waals surface area contributed by atoms with Crippen LogP contribution in [0.3, 0.4) is 0 Å².